The molecule has 0 bridgehead atoms. The summed E-state index contributed by atoms with van der Waals surface area (Å²) in [6.45, 7) is -0.382. The number of hydrogen-bond donors (Lipinski definition) is 2. The molecule has 4 rings (SSSR count). The Bertz CT molecular complexity index is 1320. The lowest BCUT2D eigenvalue weighted by molar-refractivity contribution is 0.0779. The molecule has 0 spiro atoms. The summed E-state index contributed by atoms with van der Waals surface area (Å²) in [5.74, 6) is 2.12. The Morgan fingerprint density at radius 1 is 0.971 bits per heavy atom. The Kier molecular flexibility index (Phi) is 7.33. The van der Waals surface area contributed by atoms with Crippen LogP contribution in [-0.4, -0.2) is 55.0 Å². The number of pyridine rings is 1. The fraction of sp³-hybridized carbons (Fsp3) is 0.259. The van der Waals surface area contributed by atoms with Crippen LogP contribution in [0.2, 0.25) is 0 Å². The molecule has 0 saturated heterocycles. The lowest BCUT2D eigenvalue weighted by Gasteiger charge is -2.13. The molecule has 4 aromatic rings. The highest BCUT2D eigenvalue weighted by Crippen LogP contribution is 2.43. The zero-order valence-electron chi connectivity index (χ0n) is 19.8. The van der Waals surface area contributed by atoms with Crippen molar-refractivity contribution in [2.24, 2.45) is 0 Å². The monoisotopic (exact) mass is 477 g/mol. The second-order valence-corrected chi connectivity index (χ2v) is 7.93. The molecule has 0 aliphatic heterocycles. The standard InChI is InChI=1S/C27H27NO7/c1-32-22-10-7-16(21(31)9-8-17(30)15-29)13-19(22)25-14-20-27(35-25)18(11-12-28-20)26-23(33-2)5-4-6-24(26)34-3/h4-7,10-14,17,29-30H,8-9,15H2,1-3H3. The lowest BCUT2D eigenvalue weighted by Crippen LogP contribution is -2.14. The van der Waals surface area contributed by atoms with E-state index in [4.69, 9.17) is 23.7 Å². The highest BCUT2D eigenvalue weighted by atomic mass is 16.5. The number of ketones is 1. The van der Waals surface area contributed by atoms with E-state index in [0.29, 0.717) is 45.2 Å². The van der Waals surface area contributed by atoms with Gasteiger partial charge in [-0.15, -0.1) is 0 Å². The molecule has 1 atom stereocenters. The maximum atomic E-state index is 12.7. The average molecular weight is 478 g/mol. The number of fused-ring (bicyclic) bond motifs is 1. The SMILES string of the molecule is COc1ccc(C(=O)CCC(O)CO)cc1-c1cc2nccc(-c3c(OC)cccc3OC)c2o1. The zero-order chi connectivity index (χ0) is 24.9. The van der Waals surface area contributed by atoms with Gasteiger partial charge in [0.15, 0.2) is 11.4 Å². The third kappa shape index (κ3) is 4.84. The summed E-state index contributed by atoms with van der Waals surface area (Å²) < 4.78 is 23.0. The first kappa shape index (κ1) is 24.3. The van der Waals surface area contributed by atoms with Crippen molar-refractivity contribution in [3.63, 3.8) is 0 Å². The van der Waals surface area contributed by atoms with E-state index in [0.717, 1.165) is 11.1 Å². The second kappa shape index (κ2) is 10.6. The molecule has 2 N–H and O–H groups in total. The predicted molar refractivity (Wildman–Crippen MR) is 131 cm³/mol. The number of carbonyl (C=O) groups excluding carboxylic acids is 1. The Morgan fingerprint density at radius 3 is 2.34 bits per heavy atom. The van der Waals surface area contributed by atoms with E-state index in [-0.39, 0.29) is 25.2 Å². The average Bonchev–Trinajstić information content (AvgIpc) is 3.35. The van der Waals surface area contributed by atoms with E-state index < -0.39 is 6.10 Å². The summed E-state index contributed by atoms with van der Waals surface area (Å²) in [6, 6.07) is 14.2. The van der Waals surface area contributed by atoms with Gasteiger partial charge in [-0.3, -0.25) is 9.78 Å². The third-order valence-electron chi connectivity index (χ3n) is 5.81. The number of carbonyl (C=O) groups is 1. The molecule has 1 unspecified atom stereocenters. The van der Waals surface area contributed by atoms with Gasteiger partial charge in [0.05, 0.1) is 45.2 Å². The molecular weight excluding hydrogens is 450 g/mol. The van der Waals surface area contributed by atoms with Crippen LogP contribution in [0.5, 0.6) is 17.2 Å². The number of ether oxygens (including phenoxy) is 3. The highest BCUT2D eigenvalue weighted by Gasteiger charge is 2.21. The molecule has 35 heavy (non-hydrogen) atoms. The molecule has 2 aromatic heterocycles. The number of Topliss-reactive ketones (excluding diaryl/α,β-unsaturated/α-hetero) is 1. The van der Waals surface area contributed by atoms with Gasteiger partial charge in [0.1, 0.15) is 28.5 Å². The van der Waals surface area contributed by atoms with E-state index in [2.05, 4.69) is 4.98 Å². The van der Waals surface area contributed by atoms with Crippen molar-refractivity contribution in [2.45, 2.75) is 18.9 Å². The third-order valence-corrected chi connectivity index (χ3v) is 5.81. The Balaban J connectivity index is 1.81. The minimum Gasteiger partial charge on any atom is -0.496 e. The second-order valence-electron chi connectivity index (χ2n) is 7.93. The topological polar surface area (TPSA) is 111 Å². The molecule has 0 radical (unpaired) electrons. The van der Waals surface area contributed by atoms with Crippen LogP contribution in [-0.2, 0) is 0 Å². The first-order valence-electron chi connectivity index (χ1n) is 11.1. The summed E-state index contributed by atoms with van der Waals surface area (Å²) in [4.78, 5) is 17.2. The first-order valence-corrected chi connectivity index (χ1v) is 11.1. The summed E-state index contributed by atoms with van der Waals surface area (Å²) in [5, 5.41) is 18.6. The van der Waals surface area contributed by atoms with Crippen LogP contribution in [0.1, 0.15) is 23.2 Å². The first-order chi connectivity index (χ1) is 17.0. The minimum atomic E-state index is -0.927. The van der Waals surface area contributed by atoms with Crippen LogP contribution in [0.15, 0.2) is 59.1 Å². The van der Waals surface area contributed by atoms with Gasteiger partial charge in [0.2, 0.25) is 0 Å². The fourth-order valence-electron chi connectivity index (χ4n) is 3.99. The van der Waals surface area contributed by atoms with Crippen LogP contribution < -0.4 is 14.2 Å². The number of hydrogen-bond acceptors (Lipinski definition) is 8. The number of furan rings is 1. The van der Waals surface area contributed by atoms with Crippen molar-refractivity contribution in [3.05, 3.63) is 60.3 Å². The molecule has 2 heterocycles. The largest absolute Gasteiger partial charge is 0.496 e. The number of methoxy groups -OCH3 is 3. The van der Waals surface area contributed by atoms with E-state index in [1.807, 2.05) is 24.3 Å². The molecule has 8 nitrogen and oxygen atoms in total. The van der Waals surface area contributed by atoms with Gasteiger partial charge in [-0.2, -0.15) is 0 Å². The van der Waals surface area contributed by atoms with Gasteiger partial charge in [-0.05, 0) is 42.8 Å². The van der Waals surface area contributed by atoms with Gasteiger partial charge in [0.25, 0.3) is 0 Å². The van der Waals surface area contributed by atoms with E-state index in [1.54, 1.807) is 51.8 Å². The maximum absolute atomic E-state index is 12.7. The van der Waals surface area contributed by atoms with Crippen molar-refractivity contribution in [2.75, 3.05) is 27.9 Å². The summed E-state index contributed by atoms with van der Waals surface area (Å²) in [6.07, 6.45) is 1.04. The van der Waals surface area contributed by atoms with Crippen LogP contribution in [0.3, 0.4) is 0 Å². The van der Waals surface area contributed by atoms with Gasteiger partial charge < -0.3 is 28.8 Å². The fourth-order valence-corrected chi connectivity index (χ4v) is 3.99. The Hall–Kier alpha value is -3.88. The van der Waals surface area contributed by atoms with Crippen molar-refractivity contribution < 1.29 is 33.6 Å². The number of nitrogens with zero attached hydrogens (tertiary/aromatic N) is 1. The van der Waals surface area contributed by atoms with Crippen LogP contribution in [0.25, 0.3) is 33.6 Å². The molecule has 0 amide bonds. The van der Waals surface area contributed by atoms with Crippen molar-refractivity contribution >= 4 is 16.9 Å². The molecule has 0 fully saturated rings. The maximum Gasteiger partial charge on any atom is 0.163 e. The quantitative estimate of drug-likeness (QED) is 0.321. The Morgan fingerprint density at radius 2 is 1.69 bits per heavy atom. The minimum absolute atomic E-state index is 0.104. The van der Waals surface area contributed by atoms with Crippen LogP contribution >= 0.6 is 0 Å². The van der Waals surface area contributed by atoms with Gasteiger partial charge in [-0.1, -0.05) is 6.07 Å². The molecule has 2 aromatic carbocycles. The molecule has 182 valence electrons. The van der Waals surface area contributed by atoms with Gasteiger partial charge in [0, 0.05) is 29.8 Å². The van der Waals surface area contributed by atoms with Crippen molar-refractivity contribution in [1.82, 2.24) is 4.98 Å². The lowest BCUT2D eigenvalue weighted by atomic mass is 10.0. The van der Waals surface area contributed by atoms with Crippen LogP contribution in [0, 0.1) is 0 Å². The molecular formula is C27H27NO7. The number of aliphatic hydroxyl groups excluding tert-OH is 2. The van der Waals surface area contributed by atoms with E-state index >= 15 is 0 Å². The number of rotatable bonds is 10. The number of aliphatic hydroxyl groups is 2. The number of benzene rings is 2. The normalized spacial score (nSPS) is 11.9. The number of aromatic nitrogens is 1. The predicted octanol–water partition coefficient (Wildman–Crippen LogP) is 4.50. The highest BCUT2D eigenvalue weighted by molar-refractivity contribution is 5.99. The molecule has 8 heteroatoms. The molecule has 0 aliphatic carbocycles. The van der Waals surface area contributed by atoms with Crippen LogP contribution in [0.4, 0.5) is 0 Å². The molecule has 0 saturated carbocycles. The van der Waals surface area contributed by atoms with Gasteiger partial charge in [-0.25, -0.2) is 0 Å². The van der Waals surface area contributed by atoms with E-state index in [1.165, 1.54) is 0 Å². The summed E-state index contributed by atoms with van der Waals surface area (Å²) in [7, 11) is 4.73. The molecule has 0 aliphatic rings. The van der Waals surface area contributed by atoms with Crippen molar-refractivity contribution in [1.29, 1.82) is 0 Å². The smallest absolute Gasteiger partial charge is 0.163 e. The summed E-state index contributed by atoms with van der Waals surface area (Å²) in [5.41, 5.74) is 3.69. The summed E-state index contributed by atoms with van der Waals surface area (Å²) >= 11 is 0. The van der Waals surface area contributed by atoms with E-state index in [9.17, 15) is 9.90 Å². The zero-order valence-corrected chi connectivity index (χ0v) is 19.8. The van der Waals surface area contributed by atoms with Gasteiger partial charge >= 0.3 is 0 Å². The van der Waals surface area contributed by atoms with Crippen molar-refractivity contribution in [3.8, 4) is 39.7 Å². The Labute approximate surface area is 202 Å².